The Kier molecular flexibility index (Phi) is 4.47. The summed E-state index contributed by atoms with van der Waals surface area (Å²) in [5, 5.41) is 4.16. The van der Waals surface area contributed by atoms with Crippen LogP contribution in [0.3, 0.4) is 0 Å². The van der Waals surface area contributed by atoms with E-state index in [-0.39, 0.29) is 0 Å². The molecule has 2 rings (SSSR count). The first kappa shape index (κ1) is 12.2. The number of hydrogen-bond acceptors (Lipinski definition) is 2. The Morgan fingerprint density at radius 2 is 1.94 bits per heavy atom. The lowest BCUT2D eigenvalue weighted by atomic mass is 10.1. The molecule has 1 aromatic rings. The lowest BCUT2D eigenvalue weighted by Crippen LogP contribution is -2.19. The van der Waals surface area contributed by atoms with Crippen LogP contribution in [0.4, 0.5) is 5.82 Å². The summed E-state index contributed by atoms with van der Waals surface area (Å²) in [6, 6.07) is 2.45. The second kappa shape index (κ2) is 5.87. The van der Waals surface area contributed by atoms with E-state index in [1.165, 1.54) is 38.5 Å². The Hall–Kier alpha value is -0.280. The van der Waals surface area contributed by atoms with Gasteiger partial charge < -0.3 is 5.32 Å². The van der Waals surface area contributed by atoms with Gasteiger partial charge in [0.05, 0.1) is 9.50 Å². The molecule has 16 heavy (non-hydrogen) atoms. The van der Waals surface area contributed by atoms with Gasteiger partial charge in [-0.05, 0) is 34.8 Å². The van der Waals surface area contributed by atoms with Gasteiger partial charge >= 0.3 is 0 Å². The number of rotatable bonds is 2. The summed E-state index contributed by atoms with van der Waals surface area (Å²) < 4.78 is 0.948. The van der Waals surface area contributed by atoms with Crippen LogP contribution in [-0.4, -0.2) is 11.0 Å². The molecule has 1 aliphatic rings. The molecular formula is C12H16BrClN2. The molecule has 1 heterocycles. The predicted molar refractivity (Wildman–Crippen MR) is 72.1 cm³/mol. The maximum atomic E-state index is 5.87. The van der Waals surface area contributed by atoms with Gasteiger partial charge in [0.15, 0.2) is 0 Å². The summed E-state index contributed by atoms with van der Waals surface area (Å²) in [5.74, 6) is 0.913. The molecule has 2 nitrogen and oxygen atoms in total. The standard InChI is InChI=1S/C12H16BrClN2/c13-11-7-9(14)8-15-12(11)16-10-5-3-1-2-4-6-10/h7-8,10H,1-6H2,(H,15,16). The second-order valence-electron chi connectivity index (χ2n) is 4.32. The second-order valence-corrected chi connectivity index (χ2v) is 5.61. The molecule has 0 saturated heterocycles. The minimum absolute atomic E-state index is 0.562. The molecule has 1 saturated carbocycles. The normalized spacial score (nSPS) is 18.1. The third-order valence-corrected chi connectivity index (χ3v) is 3.82. The highest BCUT2D eigenvalue weighted by Crippen LogP contribution is 2.26. The molecular weight excluding hydrogens is 288 g/mol. The fourth-order valence-corrected chi connectivity index (χ4v) is 2.89. The smallest absolute Gasteiger partial charge is 0.140 e. The zero-order valence-electron chi connectivity index (χ0n) is 9.18. The van der Waals surface area contributed by atoms with Crippen LogP contribution in [0, 0.1) is 0 Å². The van der Waals surface area contributed by atoms with E-state index in [2.05, 4.69) is 26.2 Å². The highest BCUT2D eigenvalue weighted by molar-refractivity contribution is 9.10. The Bertz CT molecular complexity index is 349. The van der Waals surface area contributed by atoms with Crippen LogP contribution in [0.15, 0.2) is 16.7 Å². The van der Waals surface area contributed by atoms with Crippen molar-refractivity contribution in [3.8, 4) is 0 Å². The summed E-state index contributed by atoms with van der Waals surface area (Å²) in [4.78, 5) is 4.31. The molecule has 0 aromatic carbocycles. The molecule has 0 radical (unpaired) electrons. The van der Waals surface area contributed by atoms with E-state index >= 15 is 0 Å². The van der Waals surface area contributed by atoms with Gasteiger partial charge in [0, 0.05) is 12.2 Å². The Morgan fingerprint density at radius 1 is 1.25 bits per heavy atom. The quantitative estimate of drug-likeness (QED) is 0.806. The highest BCUT2D eigenvalue weighted by Gasteiger charge is 2.13. The van der Waals surface area contributed by atoms with E-state index in [1.54, 1.807) is 6.20 Å². The van der Waals surface area contributed by atoms with Gasteiger partial charge in [-0.1, -0.05) is 37.3 Å². The molecule has 88 valence electrons. The monoisotopic (exact) mass is 302 g/mol. The molecule has 0 bridgehead atoms. The first-order valence-electron chi connectivity index (χ1n) is 5.83. The number of nitrogens with zero attached hydrogens (tertiary/aromatic N) is 1. The molecule has 0 amide bonds. The van der Waals surface area contributed by atoms with Gasteiger partial charge in [-0.25, -0.2) is 4.98 Å². The summed E-state index contributed by atoms with van der Waals surface area (Å²) in [6.07, 6.45) is 9.56. The highest BCUT2D eigenvalue weighted by atomic mass is 79.9. The van der Waals surface area contributed by atoms with E-state index in [9.17, 15) is 0 Å². The minimum Gasteiger partial charge on any atom is -0.366 e. The van der Waals surface area contributed by atoms with Crippen molar-refractivity contribution in [2.45, 2.75) is 44.6 Å². The van der Waals surface area contributed by atoms with Gasteiger partial charge in [0.1, 0.15) is 5.82 Å². The van der Waals surface area contributed by atoms with Crippen LogP contribution in [-0.2, 0) is 0 Å². The zero-order chi connectivity index (χ0) is 11.4. The molecule has 1 aliphatic carbocycles. The maximum absolute atomic E-state index is 5.87. The van der Waals surface area contributed by atoms with Crippen molar-refractivity contribution in [1.82, 2.24) is 4.98 Å². The van der Waals surface area contributed by atoms with E-state index in [0.29, 0.717) is 11.1 Å². The molecule has 1 fully saturated rings. The van der Waals surface area contributed by atoms with Crippen molar-refractivity contribution >= 4 is 33.3 Å². The zero-order valence-corrected chi connectivity index (χ0v) is 11.5. The maximum Gasteiger partial charge on any atom is 0.140 e. The Labute approximate surface area is 110 Å². The first-order chi connectivity index (χ1) is 7.75. The SMILES string of the molecule is Clc1cnc(NC2CCCCCC2)c(Br)c1. The third-order valence-electron chi connectivity index (χ3n) is 3.00. The lowest BCUT2D eigenvalue weighted by Gasteiger charge is -2.17. The fourth-order valence-electron chi connectivity index (χ4n) is 2.14. The van der Waals surface area contributed by atoms with Gasteiger partial charge in [0.25, 0.3) is 0 Å². The summed E-state index contributed by atoms with van der Waals surface area (Å²) >= 11 is 9.35. The van der Waals surface area contributed by atoms with Gasteiger partial charge in [-0.2, -0.15) is 0 Å². The third kappa shape index (κ3) is 3.36. The molecule has 0 unspecified atom stereocenters. The van der Waals surface area contributed by atoms with Crippen molar-refractivity contribution < 1.29 is 0 Å². The Balaban J connectivity index is 2.01. The molecule has 0 atom stereocenters. The van der Waals surface area contributed by atoms with Crippen LogP contribution in [0.2, 0.25) is 5.02 Å². The van der Waals surface area contributed by atoms with Gasteiger partial charge in [-0.15, -0.1) is 0 Å². The number of nitrogens with one attached hydrogen (secondary N) is 1. The van der Waals surface area contributed by atoms with Crippen LogP contribution in [0.25, 0.3) is 0 Å². The molecule has 1 aromatic heterocycles. The van der Waals surface area contributed by atoms with E-state index in [4.69, 9.17) is 11.6 Å². The van der Waals surface area contributed by atoms with Crippen molar-refractivity contribution in [2.24, 2.45) is 0 Å². The summed E-state index contributed by atoms with van der Waals surface area (Å²) in [7, 11) is 0. The van der Waals surface area contributed by atoms with Crippen molar-refractivity contribution in [2.75, 3.05) is 5.32 Å². The number of hydrogen-bond donors (Lipinski definition) is 1. The first-order valence-corrected chi connectivity index (χ1v) is 7.00. The average Bonchev–Trinajstić information content (AvgIpc) is 2.51. The largest absolute Gasteiger partial charge is 0.366 e. The van der Waals surface area contributed by atoms with E-state index in [1.807, 2.05) is 6.07 Å². The molecule has 0 spiro atoms. The fraction of sp³-hybridized carbons (Fsp3) is 0.583. The predicted octanol–water partition coefficient (Wildman–Crippen LogP) is 4.63. The van der Waals surface area contributed by atoms with E-state index < -0.39 is 0 Å². The van der Waals surface area contributed by atoms with E-state index in [0.717, 1.165) is 10.3 Å². The summed E-state index contributed by atoms with van der Waals surface area (Å²) in [6.45, 7) is 0. The molecule has 4 heteroatoms. The minimum atomic E-state index is 0.562. The van der Waals surface area contributed by atoms with Gasteiger partial charge in [-0.3, -0.25) is 0 Å². The van der Waals surface area contributed by atoms with Crippen molar-refractivity contribution in [3.63, 3.8) is 0 Å². The number of aromatic nitrogens is 1. The molecule has 0 aliphatic heterocycles. The summed E-state index contributed by atoms with van der Waals surface area (Å²) in [5.41, 5.74) is 0. The number of anilines is 1. The van der Waals surface area contributed by atoms with Crippen LogP contribution in [0.5, 0.6) is 0 Å². The van der Waals surface area contributed by atoms with Crippen LogP contribution < -0.4 is 5.32 Å². The Morgan fingerprint density at radius 3 is 2.56 bits per heavy atom. The lowest BCUT2D eigenvalue weighted by molar-refractivity contribution is 0.617. The van der Waals surface area contributed by atoms with Crippen LogP contribution >= 0.6 is 27.5 Å². The number of pyridine rings is 1. The molecule has 1 N–H and O–H groups in total. The van der Waals surface area contributed by atoms with Gasteiger partial charge in [0.2, 0.25) is 0 Å². The average molecular weight is 304 g/mol. The van der Waals surface area contributed by atoms with Crippen LogP contribution in [0.1, 0.15) is 38.5 Å². The van der Waals surface area contributed by atoms with Crippen molar-refractivity contribution in [1.29, 1.82) is 0 Å². The topological polar surface area (TPSA) is 24.9 Å². The number of halogens is 2. The van der Waals surface area contributed by atoms with Crippen molar-refractivity contribution in [3.05, 3.63) is 21.8 Å².